The van der Waals surface area contributed by atoms with Crippen LogP contribution in [0, 0.1) is 24.7 Å². The highest BCUT2D eigenvalue weighted by Gasteiger charge is 2.65. The van der Waals surface area contributed by atoms with E-state index >= 15 is 0 Å². The third-order valence-corrected chi connectivity index (χ3v) is 5.28. The van der Waals surface area contributed by atoms with Crippen LogP contribution in [0.1, 0.15) is 44.9 Å². The van der Waals surface area contributed by atoms with Crippen molar-refractivity contribution in [3.63, 3.8) is 0 Å². The Morgan fingerprint density at radius 1 is 1.15 bits per heavy atom. The van der Waals surface area contributed by atoms with Crippen LogP contribution < -0.4 is 5.32 Å². The van der Waals surface area contributed by atoms with Crippen LogP contribution in [0.25, 0.3) is 0 Å². The molecular formula is C21H29NO5. The molecule has 1 aromatic carbocycles. The molecule has 1 aliphatic heterocycles. The molecule has 0 aromatic heterocycles. The number of rotatable bonds is 7. The lowest BCUT2D eigenvalue weighted by Gasteiger charge is -2.33. The quantitative estimate of drug-likeness (QED) is 0.448. The van der Waals surface area contributed by atoms with Crippen molar-refractivity contribution in [1.29, 1.82) is 0 Å². The highest BCUT2D eigenvalue weighted by molar-refractivity contribution is 6.06. The van der Waals surface area contributed by atoms with E-state index in [1.807, 2.05) is 45.0 Å². The molecule has 1 N–H and O–H groups in total. The minimum atomic E-state index is -1.71. The van der Waals surface area contributed by atoms with Crippen molar-refractivity contribution in [2.24, 2.45) is 17.8 Å². The van der Waals surface area contributed by atoms with Crippen LogP contribution in [0.5, 0.6) is 0 Å². The average molecular weight is 375 g/mol. The predicted molar refractivity (Wildman–Crippen MR) is 101 cm³/mol. The fourth-order valence-corrected chi connectivity index (χ4v) is 4.23. The Morgan fingerprint density at radius 3 is 2.15 bits per heavy atom. The van der Waals surface area contributed by atoms with Crippen LogP contribution in [0.3, 0.4) is 0 Å². The normalized spacial score (nSPS) is 23.9. The van der Waals surface area contributed by atoms with Gasteiger partial charge < -0.3 is 14.3 Å². The van der Waals surface area contributed by atoms with Gasteiger partial charge in [-0.05, 0) is 37.8 Å². The third-order valence-electron chi connectivity index (χ3n) is 5.28. The van der Waals surface area contributed by atoms with Crippen LogP contribution in [0.15, 0.2) is 24.3 Å². The summed E-state index contributed by atoms with van der Waals surface area (Å²) in [6.45, 7) is 9.38. The molecule has 0 unspecified atom stereocenters. The van der Waals surface area contributed by atoms with Gasteiger partial charge in [-0.1, -0.05) is 38.1 Å². The van der Waals surface area contributed by atoms with Crippen molar-refractivity contribution in [3.05, 3.63) is 35.4 Å². The van der Waals surface area contributed by atoms with E-state index in [1.165, 1.54) is 0 Å². The number of hydrogen-bond donors (Lipinski definition) is 1. The number of aryl methyl sites for hydroxylation is 1. The van der Waals surface area contributed by atoms with Crippen molar-refractivity contribution in [2.45, 2.75) is 46.2 Å². The lowest BCUT2D eigenvalue weighted by molar-refractivity contribution is -0.169. The summed E-state index contributed by atoms with van der Waals surface area (Å²) in [4.78, 5) is 38.2. The second kappa shape index (κ2) is 8.65. The first-order valence-electron chi connectivity index (χ1n) is 9.48. The second-order valence-corrected chi connectivity index (χ2v) is 7.21. The second-order valence-electron chi connectivity index (χ2n) is 7.21. The first-order valence-corrected chi connectivity index (χ1v) is 9.48. The number of hydrogen-bond acceptors (Lipinski definition) is 6. The number of carbonyl (C=O) groups excluding carboxylic acids is 3. The lowest BCUT2D eigenvalue weighted by atomic mass is 9.72. The molecule has 0 radical (unpaired) electrons. The van der Waals surface area contributed by atoms with Crippen LogP contribution in [0.4, 0.5) is 0 Å². The molecule has 148 valence electrons. The maximum atomic E-state index is 13.0. The van der Waals surface area contributed by atoms with Gasteiger partial charge in [-0.3, -0.25) is 5.32 Å². The van der Waals surface area contributed by atoms with Crippen molar-refractivity contribution >= 4 is 18.2 Å². The molecule has 0 saturated carbocycles. The highest BCUT2D eigenvalue weighted by atomic mass is 16.6. The van der Waals surface area contributed by atoms with Crippen LogP contribution >= 0.6 is 0 Å². The van der Waals surface area contributed by atoms with E-state index in [0.29, 0.717) is 0 Å². The summed E-state index contributed by atoms with van der Waals surface area (Å²) in [5, 5.41) is 3.18. The molecule has 1 saturated heterocycles. The average Bonchev–Trinajstić information content (AvgIpc) is 2.99. The monoisotopic (exact) mass is 375 g/mol. The van der Waals surface area contributed by atoms with Gasteiger partial charge in [-0.2, -0.15) is 0 Å². The van der Waals surface area contributed by atoms with Crippen molar-refractivity contribution in [3.8, 4) is 0 Å². The molecule has 2 rings (SSSR count). The molecule has 1 fully saturated rings. The number of nitrogens with one attached hydrogen (secondary N) is 1. The van der Waals surface area contributed by atoms with E-state index in [2.05, 4.69) is 5.32 Å². The van der Waals surface area contributed by atoms with E-state index in [4.69, 9.17) is 9.47 Å². The van der Waals surface area contributed by atoms with Crippen LogP contribution in [-0.4, -0.2) is 37.0 Å². The minimum absolute atomic E-state index is 0.129. The lowest BCUT2D eigenvalue weighted by Crippen LogP contribution is -2.61. The largest absolute Gasteiger partial charge is 0.464 e. The summed E-state index contributed by atoms with van der Waals surface area (Å²) < 4.78 is 10.5. The fourth-order valence-electron chi connectivity index (χ4n) is 4.23. The molecule has 0 bridgehead atoms. The molecule has 1 aromatic rings. The number of carbonyl (C=O) groups is 3. The SMILES string of the molecule is CCOC(=O)C1(C(=O)OCC)N[C@H](c2ccccc2C)[C@H](C=O)[C@H]1C(C)C. The third kappa shape index (κ3) is 3.63. The first-order chi connectivity index (χ1) is 12.8. The Labute approximate surface area is 160 Å². The topological polar surface area (TPSA) is 81.7 Å². The van der Waals surface area contributed by atoms with Crippen molar-refractivity contribution in [1.82, 2.24) is 5.32 Å². The number of esters is 2. The van der Waals surface area contributed by atoms with Gasteiger partial charge in [0.15, 0.2) is 0 Å². The van der Waals surface area contributed by atoms with Crippen LogP contribution in [0.2, 0.25) is 0 Å². The van der Waals surface area contributed by atoms with Gasteiger partial charge in [0.05, 0.1) is 13.2 Å². The Bertz CT molecular complexity index is 682. The van der Waals surface area contributed by atoms with E-state index in [9.17, 15) is 14.4 Å². The van der Waals surface area contributed by atoms with Gasteiger partial charge in [0.1, 0.15) is 6.29 Å². The molecule has 27 heavy (non-hydrogen) atoms. The molecule has 6 nitrogen and oxygen atoms in total. The van der Waals surface area contributed by atoms with Gasteiger partial charge in [0, 0.05) is 17.9 Å². The zero-order valence-corrected chi connectivity index (χ0v) is 16.7. The van der Waals surface area contributed by atoms with Gasteiger partial charge in [0.2, 0.25) is 5.54 Å². The number of aldehydes is 1. The molecule has 1 heterocycles. The maximum Gasteiger partial charge on any atom is 0.338 e. The maximum absolute atomic E-state index is 13.0. The Morgan fingerprint density at radius 2 is 1.70 bits per heavy atom. The minimum Gasteiger partial charge on any atom is -0.464 e. The summed E-state index contributed by atoms with van der Waals surface area (Å²) in [6, 6.07) is 7.16. The molecule has 0 amide bonds. The standard InChI is InChI=1S/C21H29NO5/c1-6-26-19(24)21(20(25)27-7-2)17(13(3)4)16(12-23)18(22-21)15-11-9-8-10-14(15)5/h8-13,16-18,22H,6-7H2,1-5H3/t16-,17-,18-/m1/s1. The Balaban J connectivity index is 2.66. The summed E-state index contributed by atoms with van der Waals surface area (Å²) in [5.74, 6) is -2.66. The van der Waals surface area contributed by atoms with Crippen molar-refractivity contribution < 1.29 is 23.9 Å². The van der Waals surface area contributed by atoms with Crippen molar-refractivity contribution in [2.75, 3.05) is 13.2 Å². The fraction of sp³-hybridized carbons (Fsp3) is 0.571. The summed E-state index contributed by atoms with van der Waals surface area (Å²) in [6.07, 6.45) is 0.842. The zero-order chi connectivity index (χ0) is 20.2. The smallest absolute Gasteiger partial charge is 0.338 e. The van der Waals surface area contributed by atoms with E-state index < -0.39 is 35.4 Å². The van der Waals surface area contributed by atoms with E-state index in [1.54, 1.807) is 13.8 Å². The summed E-state index contributed by atoms with van der Waals surface area (Å²) in [5.41, 5.74) is 0.155. The van der Waals surface area contributed by atoms with Gasteiger partial charge in [-0.15, -0.1) is 0 Å². The molecule has 0 spiro atoms. The first kappa shape index (κ1) is 21.1. The Hall–Kier alpha value is -2.21. The summed E-state index contributed by atoms with van der Waals surface area (Å²) in [7, 11) is 0. The van der Waals surface area contributed by atoms with Crippen LogP contribution in [-0.2, 0) is 23.9 Å². The molecule has 6 heteroatoms. The van der Waals surface area contributed by atoms with Gasteiger partial charge >= 0.3 is 11.9 Å². The molecule has 3 atom stereocenters. The predicted octanol–water partition coefficient (Wildman–Crippen LogP) is 2.59. The van der Waals surface area contributed by atoms with Gasteiger partial charge in [-0.25, -0.2) is 9.59 Å². The number of benzene rings is 1. The van der Waals surface area contributed by atoms with Gasteiger partial charge in [0.25, 0.3) is 0 Å². The molecule has 1 aliphatic rings. The highest BCUT2D eigenvalue weighted by Crippen LogP contribution is 2.47. The zero-order valence-electron chi connectivity index (χ0n) is 16.7. The Kier molecular flexibility index (Phi) is 6.76. The summed E-state index contributed by atoms with van der Waals surface area (Å²) >= 11 is 0. The van der Waals surface area contributed by atoms with E-state index in [-0.39, 0.29) is 19.1 Å². The number of ether oxygens (including phenoxy) is 2. The molecule has 0 aliphatic carbocycles. The molecular weight excluding hydrogens is 346 g/mol. The van der Waals surface area contributed by atoms with E-state index in [0.717, 1.165) is 17.4 Å².